The van der Waals surface area contributed by atoms with Crippen LogP contribution in [0.1, 0.15) is 37.7 Å². The van der Waals surface area contributed by atoms with Crippen molar-refractivity contribution < 1.29 is 4.39 Å². The van der Waals surface area contributed by atoms with E-state index in [0.29, 0.717) is 6.42 Å². The molecule has 1 aromatic heterocycles. The summed E-state index contributed by atoms with van der Waals surface area (Å²) in [7, 11) is 0. The standard InChI is InChI=1S/C15H20FN3/c1-3-14(15-17-8-9-18-15)19-11(2)10-12-6-4-5-7-13(12)16/h4-9,11,14,19H,3,10H2,1-2H3,(H,17,18). The zero-order chi connectivity index (χ0) is 13.7. The van der Waals surface area contributed by atoms with Crippen LogP contribution >= 0.6 is 0 Å². The molecule has 4 heteroatoms. The van der Waals surface area contributed by atoms with Gasteiger partial charge < -0.3 is 10.3 Å². The highest BCUT2D eigenvalue weighted by atomic mass is 19.1. The number of hydrogen-bond acceptors (Lipinski definition) is 2. The number of nitrogens with zero attached hydrogens (tertiary/aromatic N) is 1. The summed E-state index contributed by atoms with van der Waals surface area (Å²) in [5.41, 5.74) is 0.747. The number of rotatable bonds is 6. The average molecular weight is 261 g/mol. The summed E-state index contributed by atoms with van der Waals surface area (Å²) in [5, 5.41) is 3.48. The smallest absolute Gasteiger partial charge is 0.126 e. The molecule has 0 bridgehead atoms. The van der Waals surface area contributed by atoms with Crippen molar-refractivity contribution in [3.63, 3.8) is 0 Å². The van der Waals surface area contributed by atoms with Crippen LogP contribution in [0.25, 0.3) is 0 Å². The van der Waals surface area contributed by atoms with Gasteiger partial charge >= 0.3 is 0 Å². The molecule has 0 aliphatic rings. The van der Waals surface area contributed by atoms with Gasteiger partial charge in [0, 0.05) is 18.4 Å². The van der Waals surface area contributed by atoms with E-state index in [1.54, 1.807) is 12.3 Å². The normalized spacial score (nSPS) is 14.3. The highest BCUT2D eigenvalue weighted by Gasteiger charge is 2.15. The molecule has 0 amide bonds. The molecule has 2 N–H and O–H groups in total. The molecule has 0 spiro atoms. The maximum absolute atomic E-state index is 13.6. The van der Waals surface area contributed by atoms with Crippen LogP contribution in [-0.2, 0) is 6.42 Å². The maximum Gasteiger partial charge on any atom is 0.126 e. The Morgan fingerprint density at radius 3 is 2.79 bits per heavy atom. The monoisotopic (exact) mass is 261 g/mol. The van der Waals surface area contributed by atoms with E-state index in [1.807, 2.05) is 18.3 Å². The van der Waals surface area contributed by atoms with Gasteiger partial charge in [0.05, 0.1) is 6.04 Å². The molecule has 2 rings (SSSR count). The van der Waals surface area contributed by atoms with Gasteiger partial charge in [0.2, 0.25) is 0 Å². The summed E-state index contributed by atoms with van der Waals surface area (Å²) < 4.78 is 13.6. The Morgan fingerprint density at radius 1 is 1.37 bits per heavy atom. The number of aromatic amines is 1. The molecule has 0 saturated heterocycles. The van der Waals surface area contributed by atoms with Crippen LogP contribution in [0.2, 0.25) is 0 Å². The second kappa shape index (κ2) is 6.48. The predicted octanol–water partition coefficient (Wildman–Crippen LogP) is 3.22. The Kier molecular flexibility index (Phi) is 4.68. The first-order chi connectivity index (χ1) is 9.20. The number of imidazole rings is 1. The number of benzene rings is 1. The molecular formula is C15H20FN3. The Balaban J connectivity index is 1.97. The zero-order valence-corrected chi connectivity index (χ0v) is 11.4. The molecule has 0 aliphatic heterocycles. The van der Waals surface area contributed by atoms with Crippen molar-refractivity contribution in [2.75, 3.05) is 0 Å². The molecule has 0 radical (unpaired) electrons. The van der Waals surface area contributed by atoms with Gasteiger partial charge in [-0.15, -0.1) is 0 Å². The van der Waals surface area contributed by atoms with Gasteiger partial charge in [-0.1, -0.05) is 25.1 Å². The topological polar surface area (TPSA) is 40.7 Å². The fourth-order valence-corrected chi connectivity index (χ4v) is 2.25. The third-order valence-electron chi connectivity index (χ3n) is 3.23. The van der Waals surface area contributed by atoms with E-state index in [2.05, 4.69) is 29.1 Å². The first kappa shape index (κ1) is 13.7. The minimum Gasteiger partial charge on any atom is -0.347 e. The van der Waals surface area contributed by atoms with E-state index in [1.165, 1.54) is 6.07 Å². The molecule has 2 atom stereocenters. The van der Waals surface area contributed by atoms with Crippen LogP contribution in [0, 0.1) is 5.82 Å². The van der Waals surface area contributed by atoms with Crippen LogP contribution in [0.3, 0.4) is 0 Å². The molecule has 1 heterocycles. The minimum absolute atomic E-state index is 0.137. The summed E-state index contributed by atoms with van der Waals surface area (Å²) >= 11 is 0. The lowest BCUT2D eigenvalue weighted by atomic mass is 10.0. The van der Waals surface area contributed by atoms with Crippen molar-refractivity contribution in [3.8, 4) is 0 Å². The molecular weight excluding hydrogens is 241 g/mol. The number of H-pyrrole nitrogens is 1. The number of nitrogens with one attached hydrogen (secondary N) is 2. The number of halogens is 1. The van der Waals surface area contributed by atoms with Crippen molar-refractivity contribution in [1.82, 2.24) is 15.3 Å². The predicted molar refractivity (Wildman–Crippen MR) is 74.3 cm³/mol. The van der Waals surface area contributed by atoms with Crippen molar-refractivity contribution in [1.29, 1.82) is 0 Å². The highest BCUT2D eigenvalue weighted by molar-refractivity contribution is 5.18. The summed E-state index contributed by atoms with van der Waals surface area (Å²) in [6.07, 6.45) is 5.18. The summed E-state index contributed by atoms with van der Waals surface area (Å²) in [5.74, 6) is 0.796. The second-order valence-corrected chi connectivity index (χ2v) is 4.80. The van der Waals surface area contributed by atoms with Gasteiger partial charge in [-0.2, -0.15) is 0 Å². The average Bonchev–Trinajstić information content (AvgIpc) is 2.92. The lowest BCUT2D eigenvalue weighted by molar-refractivity contribution is 0.426. The second-order valence-electron chi connectivity index (χ2n) is 4.80. The van der Waals surface area contributed by atoms with Crippen LogP contribution in [0.5, 0.6) is 0 Å². The molecule has 102 valence electrons. The molecule has 0 fully saturated rings. The quantitative estimate of drug-likeness (QED) is 0.838. The third kappa shape index (κ3) is 3.64. The van der Waals surface area contributed by atoms with E-state index in [9.17, 15) is 4.39 Å². The largest absolute Gasteiger partial charge is 0.347 e. The first-order valence-electron chi connectivity index (χ1n) is 6.69. The SMILES string of the molecule is CCC(NC(C)Cc1ccccc1F)c1ncc[nH]1. The van der Waals surface area contributed by atoms with E-state index in [0.717, 1.165) is 17.8 Å². The summed E-state index contributed by atoms with van der Waals surface area (Å²) in [4.78, 5) is 7.39. The fraction of sp³-hybridized carbons (Fsp3) is 0.400. The number of hydrogen-bond donors (Lipinski definition) is 2. The van der Waals surface area contributed by atoms with Crippen LogP contribution in [0.15, 0.2) is 36.7 Å². The van der Waals surface area contributed by atoms with Crippen molar-refractivity contribution in [2.45, 2.75) is 38.8 Å². The van der Waals surface area contributed by atoms with Gasteiger partial charge in [0.15, 0.2) is 0 Å². The Morgan fingerprint density at radius 2 is 2.16 bits per heavy atom. The molecule has 0 saturated carbocycles. The molecule has 2 aromatic rings. The molecule has 2 unspecified atom stereocenters. The van der Waals surface area contributed by atoms with Crippen LogP contribution in [-0.4, -0.2) is 16.0 Å². The van der Waals surface area contributed by atoms with Crippen molar-refractivity contribution in [2.24, 2.45) is 0 Å². The minimum atomic E-state index is -0.137. The van der Waals surface area contributed by atoms with E-state index < -0.39 is 0 Å². The highest BCUT2D eigenvalue weighted by Crippen LogP contribution is 2.15. The fourth-order valence-electron chi connectivity index (χ4n) is 2.25. The van der Waals surface area contributed by atoms with Crippen LogP contribution < -0.4 is 5.32 Å². The zero-order valence-electron chi connectivity index (χ0n) is 11.4. The van der Waals surface area contributed by atoms with Crippen molar-refractivity contribution >= 4 is 0 Å². The number of aromatic nitrogens is 2. The maximum atomic E-state index is 13.6. The van der Waals surface area contributed by atoms with E-state index in [-0.39, 0.29) is 17.9 Å². The summed E-state index contributed by atoms with van der Waals surface area (Å²) in [6.45, 7) is 4.17. The first-order valence-corrected chi connectivity index (χ1v) is 6.69. The van der Waals surface area contributed by atoms with E-state index in [4.69, 9.17) is 0 Å². The Bertz CT molecular complexity index is 496. The lowest BCUT2D eigenvalue weighted by Crippen LogP contribution is -2.32. The van der Waals surface area contributed by atoms with Crippen LogP contribution in [0.4, 0.5) is 4.39 Å². The molecule has 3 nitrogen and oxygen atoms in total. The van der Waals surface area contributed by atoms with Gasteiger partial charge in [0.25, 0.3) is 0 Å². The summed E-state index contributed by atoms with van der Waals surface area (Å²) in [6, 6.07) is 7.29. The molecule has 1 aromatic carbocycles. The van der Waals surface area contributed by atoms with Gasteiger partial charge in [-0.05, 0) is 31.4 Å². The molecule has 19 heavy (non-hydrogen) atoms. The third-order valence-corrected chi connectivity index (χ3v) is 3.23. The molecule has 0 aliphatic carbocycles. The van der Waals surface area contributed by atoms with Gasteiger partial charge in [-0.3, -0.25) is 0 Å². The Labute approximate surface area is 113 Å². The van der Waals surface area contributed by atoms with E-state index >= 15 is 0 Å². The lowest BCUT2D eigenvalue weighted by Gasteiger charge is -2.21. The Hall–Kier alpha value is -1.68. The van der Waals surface area contributed by atoms with Gasteiger partial charge in [0.1, 0.15) is 11.6 Å². The van der Waals surface area contributed by atoms with Crippen molar-refractivity contribution in [3.05, 3.63) is 53.9 Å². The van der Waals surface area contributed by atoms with Gasteiger partial charge in [-0.25, -0.2) is 9.37 Å².